The van der Waals surface area contributed by atoms with Gasteiger partial charge in [0, 0.05) is 61.9 Å². The Morgan fingerprint density at radius 3 is 1.57 bits per heavy atom. The number of hydrogen-bond donors (Lipinski definition) is 6. The van der Waals surface area contributed by atoms with Gasteiger partial charge in [-0.05, 0) is 129 Å². The zero-order valence-corrected chi connectivity index (χ0v) is 64.1. The highest BCUT2D eigenvalue weighted by atomic mass is 16.6. The maximum Gasteiger partial charge on any atom is 0.300 e. The molecule has 0 saturated carbocycles. The Bertz CT molecular complexity index is 3210. The van der Waals surface area contributed by atoms with E-state index in [2.05, 4.69) is 36.9 Å². The zero-order chi connectivity index (χ0) is 76.9. The summed E-state index contributed by atoms with van der Waals surface area (Å²) in [7, 11) is 9.81. The predicted octanol–water partition coefficient (Wildman–Crippen LogP) is 4.98. The lowest BCUT2D eigenvalue weighted by molar-refractivity contribution is -0.383. The molecule has 2 aromatic rings. The number of hydrogen-bond acceptors (Lipinski definition) is 18. The van der Waals surface area contributed by atoms with E-state index in [1.807, 2.05) is 55.4 Å². The first-order valence-corrected chi connectivity index (χ1v) is 35.6. The Labute approximate surface area is 597 Å². The number of rotatable bonds is 22. The second-order valence-corrected chi connectivity index (χ2v) is 29.7. The fourth-order valence-electron chi connectivity index (χ4n) is 12.6. The van der Waals surface area contributed by atoms with Crippen molar-refractivity contribution >= 4 is 87.4 Å². The van der Waals surface area contributed by atoms with E-state index in [0.717, 1.165) is 9.80 Å². The smallest absolute Gasteiger partial charge is 0.300 e. The van der Waals surface area contributed by atoms with Crippen LogP contribution in [0.5, 0.6) is 0 Å². The number of unbranched alkanes of at least 4 members (excludes halogenated alkanes) is 1. The second-order valence-electron chi connectivity index (χ2n) is 29.7. The zero-order valence-electron chi connectivity index (χ0n) is 64.1. The molecule has 1 fully saturated rings. The lowest BCUT2D eigenvalue weighted by atomic mass is 9.91. The van der Waals surface area contributed by atoms with Crippen LogP contribution in [0.15, 0.2) is 28.9 Å². The number of aliphatic hydroxyl groups excluding tert-OH is 1. The molecule has 3 rings (SSSR count). The third-order valence-corrected chi connectivity index (χ3v) is 18.8. The van der Waals surface area contributed by atoms with Crippen molar-refractivity contribution in [3.63, 3.8) is 0 Å². The first-order valence-electron chi connectivity index (χ1n) is 35.6. The van der Waals surface area contributed by atoms with Gasteiger partial charge in [-0.1, -0.05) is 109 Å². The number of nitro groups is 1. The third-order valence-electron chi connectivity index (χ3n) is 18.8. The van der Waals surface area contributed by atoms with E-state index < -0.39 is 161 Å². The molecule has 1 aliphatic rings. The quantitative estimate of drug-likeness (QED) is 0.0392. The van der Waals surface area contributed by atoms with Gasteiger partial charge in [0.25, 0.3) is 0 Å². The van der Waals surface area contributed by atoms with E-state index in [1.165, 1.54) is 92.9 Å². The number of carbonyl (C=O) groups excluding carboxylic acids is 11. The summed E-state index contributed by atoms with van der Waals surface area (Å²) < 4.78 is 4.83. The molecular formula is C71H119N15O15. The van der Waals surface area contributed by atoms with E-state index in [-0.39, 0.29) is 98.3 Å². The van der Waals surface area contributed by atoms with Gasteiger partial charge in [0.2, 0.25) is 70.5 Å². The number of nitro benzene ring substituents is 1. The molecular weight excluding hydrogens is 1300 g/mol. The van der Waals surface area contributed by atoms with E-state index >= 15 is 19.2 Å². The lowest BCUT2D eigenvalue weighted by Gasteiger charge is -2.41. The van der Waals surface area contributed by atoms with Crippen molar-refractivity contribution in [3.05, 3.63) is 34.4 Å². The van der Waals surface area contributed by atoms with Crippen molar-refractivity contribution in [1.82, 2.24) is 65.9 Å². The monoisotopic (exact) mass is 1420 g/mol. The number of nitrogens with zero attached hydrogens (tertiary/aromatic N) is 10. The van der Waals surface area contributed by atoms with Crippen LogP contribution in [0, 0.1) is 51.5 Å². The van der Waals surface area contributed by atoms with Gasteiger partial charge in [0.1, 0.15) is 60.4 Å². The minimum atomic E-state index is -1.65. The Kier molecular flexibility index (Phi) is 34.2. The Morgan fingerprint density at radius 1 is 0.574 bits per heavy atom. The average Bonchev–Trinajstić information content (AvgIpc) is 1.19. The molecule has 30 nitrogen and oxygen atoms in total. The normalized spacial score (nSPS) is 24.5. The van der Waals surface area contributed by atoms with Crippen LogP contribution in [0.3, 0.4) is 0 Å². The summed E-state index contributed by atoms with van der Waals surface area (Å²) in [6, 6.07) is -10.3. The molecule has 1 aromatic carbocycles. The number of allylic oxidation sites excluding steroid dienone is 2. The Balaban J connectivity index is 2.35. The van der Waals surface area contributed by atoms with Crippen LogP contribution in [-0.2, 0) is 52.7 Å². The summed E-state index contributed by atoms with van der Waals surface area (Å²) in [4.78, 5) is 184. The Morgan fingerprint density at radius 2 is 1.06 bits per heavy atom. The molecule has 0 spiro atoms. The van der Waals surface area contributed by atoms with Gasteiger partial charge in [-0.2, -0.15) is 0 Å². The SMILES string of the molecule is C/C=C/CC(C)C(O)[C@H]1C(=O)N[C@@H](CC)C(=O)N(C)CC(=O)N(C)[C@@H](CC(C)C)C(=O)N[C@@H](C(C)C)C(=O)N(C)[C@@H](CC(C)C)C(=O)N[C@@H](C)C(=O)N[C@H](CCCCNc2ccc([N+](=O)[O-])c3nonc23)C(=O)N(C)[C@@H](CC(C)C)C(=O)N(C)[C@@H](CC(C)C)C(=O)N(C)[C@@H](C(C)C)C(=O)N1C. The standard InChI is InChI=1S/C71H119N15O15/c1-24-26-29-45(15)61(88)60-65(92)74-47(25-2)66(93)79(17)38-55(87)80(18)51(34-39(3)4)64(91)76-56(43(11)12)70(97)81(19)52(35-40(5)6)63(90)73-46(16)62(89)75-49(30-27-28-33-72-48-31-32-50(86(99)100)58-57(48)77-101-78-58)67(94)82(20)53(36-41(7)8)68(95)83(21)54(37-42(9)10)69(96)84(22)59(44(13)14)71(98)85(60)23/h24,26,31-32,39-47,49,51-54,56,59-61,72,88H,25,27-30,33-38H2,1-23H3,(H,73,90)(H,74,92)(H,75,89)(H,76,91)/b26-24+/t45?,46-,47-,49+,51-,52-,53-,54-,56-,59-,60-,61?/m0/s1. The minimum absolute atomic E-state index is 0.00273. The van der Waals surface area contributed by atoms with Crippen molar-refractivity contribution in [1.29, 1.82) is 0 Å². The number of aromatic nitrogens is 2. The topological polar surface area (TPSA) is 373 Å². The molecule has 2 heterocycles. The molecule has 0 radical (unpaired) electrons. The van der Waals surface area contributed by atoms with Crippen LogP contribution in [0.1, 0.15) is 169 Å². The lowest BCUT2D eigenvalue weighted by Crippen LogP contribution is -2.63. The molecule has 6 N–H and O–H groups in total. The van der Waals surface area contributed by atoms with Crippen LogP contribution >= 0.6 is 0 Å². The summed E-state index contributed by atoms with van der Waals surface area (Å²) in [5.74, 6) is -10.5. The maximum absolute atomic E-state index is 15.5. The van der Waals surface area contributed by atoms with E-state index in [4.69, 9.17) is 4.63 Å². The van der Waals surface area contributed by atoms with Gasteiger partial charge in [-0.25, -0.2) is 4.63 Å². The summed E-state index contributed by atoms with van der Waals surface area (Å²) in [6.45, 7) is 27.8. The van der Waals surface area contributed by atoms with E-state index in [1.54, 1.807) is 60.6 Å². The van der Waals surface area contributed by atoms with E-state index in [0.29, 0.717) is 12.1 Å². The maximum atomic E-state index is 15.5. The van der Waals surface area contributed by atoms with Crippen molar-refractivity contribution in [2.75, 3.05) is 67.7 Å². The second kappa shape index (κ2) is 39.8. The molecule has 1 aliphatic heterocycles. The molecule has 568 valence electrons. The number of non-ortho nitro benzene ring substituents is 1. The van der Waals surface area contributed by atoms with Crippen LogP contribution in [-0.4, -0.2) is 249 Å². The van der Waals surface area contributed by atoms with Crippen LogP contribution < -0.4 is 26.6 Å². The number of likely N-dealkylation sites (N-methyl/N-ethyl adjacent to an activating group) is 7. The Hall–Kier alpha value is -8.31. The molecule has 2 unspecified atom stereocenters. The summed E-state index contributed by atoms with van der Waals surface area (Å²) in [5.41, 5.74) is 0.132. The van der Waals surface area contributed by atoms with Gasteiger partial charge in [-0.3, -0.25) is 62.9 Å². The van der Waals surface area contributed by atoms with Gasteiger partial charge in [0.15, 0.2) is 5.52 Å². The fourth-order valence-corrected chi connectivity index (χ4v) is 12.6. The fraction of sp³-hybridized carbons (Fsp3) is 0.732. The van der Waals surface area contributed by atoms with Crippen molar-refractivity contribution in [3.8, 4) is 0 Å². The number of fused-ring (bicyclic) bond motifs is 1. The molecule has 30 heteroatoms. The molecule has 101 heavy (non-hydrogen) atoms. The number of carbonyl (C=O) groups is 11. The van der Waals surface area contributed by atoms with Gasteiger partial charge >= 0.3 is 5.69 Å². The van der Waals surface area contributed by atoms with Crippen LogP contribution in [0.25, 0.3) is 11.0 Å². The number of benzene rings is 1. The molecule has 1 saturated heterocycles. The van der Waals surface area contributed by atoms with Crippen molar-refractivity contribution in [2.24, 2.45) is 41.4 Å². The first kappa shape index (κ1) is 86.9. The van der Waals surface area contributed by atoms with E-state index in [9.17, 15) is 48.8 Å². The number of nitrogens with one attached hydrogen (secondary N) is 5. The molecule has 0 bridgehead atoms. The first-order chi connectivity index (χ1) is 47.1. The highest BCUT2D eigenvalue weighted by Crippen LogP contribution is 2.30. The summed E-state index contributed by atoms with van der Waals surface area (Å²) >= 11 is 0. The summed E-state index contributed by atoms with van der Waals surface area (Å²) in [6.07, 6.45) is 3.29. The van der Waals surface area contributed by atoms with Gasteiger partial charge < -0.3 is 66.0 Å². The van der Waals surface area contributed by atoms with Gasteiger partial charge in [0.05, 0.1) is 23.3 Å². The number of amides is 11. The van der Waals surface area contributed by atoms with Crippen molar-refractivity contribution in [2.45, 2.75) is 235 Å². The number of anilines is 1. The van der Waals surface area contributed by atoms with Crippen LogP contribution in [0.4, 0.5) is 11.4 Å². The van der Waals surface area contributed by atoms with Gasteiger partial charge in [-0.15, -0.1) is 0 Å². The minimum Gasteiger partial charge on any atom is -0.390 e. The number of aliphatic hydroxyl groups is 1. The highest BCUT2D eigenvalue weighted by Gasteiger charge is 2.46. The molecule has 1 aromatic heterocycles. The molecule has 11 amide bonds. The third kappa shape index (κ3) is 23.6. The van der Waals surface area contributed by atoms with Crippen molar-refractivity contribution < 1.29 is 67.4 Å². The predicted molar refractivity (Wildman–Crippen MR) is 384 cm³/mol. The molecule has 12 atom stereocenters. The summed E-state index contributed by atoms with van der Waals surface area (Å²) in [5, 5.41) is 45.8. The average molecular weight is 1420 g/mol. The highest BCUT2D eigenvalue weighted by molar-refractivity contribution is 6.00. The molecule has 0 aliphatic carbocycles. The largest absolute Gasteiger partial charge is 0.390 e. The van der Waals surface area contributed by atoms with Crippen LogP contribution in [0.2, 0.25) is 0 Å².